The van der Waals surface area contributed by atoms with Gasteiger partial charge < -0.3 is 9.83 Å². The molecule has 6 nitrogen and oxygen atoms in total. The van der Waals surface area contributed by atoms with Crippen molar-refractivity contribution in [1.82, 2.24) is 9.99 Å². The monoisotopic (exact) mass is 466 g/mol. The number of phenols is 1. The fraction of sp³-hybridized carbons (Fsp3) is 0.0741. The molecule has 1 aliphatic heterocycles. The molecule has 168 valence electrons. The van der Waals surface area contributed by atoms with Gasteiger partial charge in [0.1, 0.15) is 5.75 Å². The molecular formula is C27H22N4O2S. The lowest BCUT2D eigenvalue weighted by atomic mass is 9.98. The minimum atomic E-state index is -0.311. The van der Waals surface area contributed by atoms with Crippen LogP contribution in [0.15, 0.2) is 113 Å². The normalized spacial score (nSPS) is 15.1. The highest BCUT2D eigenvalue weighted by Gasteiger charge is 2.33. The van der Waals surface area contributed by atoms with Crippen LogP contribution in [-0.4, -0.2) is 26.7 Å². The van der Waals surface area contributed by atoms with E-state index in [4.69, 9.17) is 5.10 Å². The summed E-state index contributed by atoms with van der Waals surface area (Å²) in [6.07, 6.45) is 3.73. The van der Waals surface area contributed by atoms with Gasteiger partial charge in [0.25, 0.3) is 5.91 Å². The van der Waals surface area contributed by atoms with E-state index in [9.17, 15) is 9.90 Å². The highest BCUT2D eigenvalue weighted by Crippen LogP contribution is 2.35. The second-order valence-corrected chi connectivity index (χ2v) is 8.72. The van der Waals surface area contributed by atoms with E-state index in [1.165, 1.54) is 5.01 Å². The van der Waals surface area contributed by atoms with E-state index in [0.717, 1.165) is 27.4 Å². The van der Waals surface area contributed by atoms with Gasteiger partial charge in [0.2, 0.25) is 0 Å². The third kappa shape index (κ3) is 4.79. The Morgan fingerprint density at radius 1 is 0.941 bits per heavy atom. The molecule has 0 saturated heterocycles. The van der Waals surface area contributed by atoms with Gasteiger partial charge in [-0.15, -0.1) is 0 Å². The number of carbonyl (C=O) groups is 1. The predicted octanol–water partition coefficient (Wildman–Crippen LogP) is 5.90. The molecule has 2 N–H and O–H groups in total. The number of hydrogen-bond donors (Lipinski definition) is 2. The van der Waals surface area contributed by atoms with E-state index in [1.54, 1.807) is 54.7 Å². The molecule has 1 unspecified atom stereocenters. The smallest absolute Gasteiger partial charge is 0.274 e. The first kappa shape index (κ1) is 21.7. The highest BCUT2D eigenvalue weighted by atomic mass is 32.2. The standard InChI is InChI=1S/C27H22N4O2S/c32-23-6-4-5-21(17-23)26-18-25(29-31(26)27(33)20-13-15-28-16-14-20)19-9-11-22(12-10-19)30-34-24-7-2-1-3-8-24/h1-17,26,30,32H,18H2. The number of carbonyl (C=O) groups excluding carboxylic acids is 1. The molecule has 7 heteroatoms. The largest absolute Gasteiger partial charge is 0.508 e. The summed E-state index contributed by atoms with van der Waals surface area (Å²) in [6.45, 7) is 0. The number of aromatic hydroxyl groups is 1. The number of rotatable bonds is 6. The molecule has 0 fully saturated rings. The summed E-state index contributed by atoms with van der Waals surface area (Å²) < 4.78 is 3.35. The van der Waals surface area contributed by atoms with E-state index in [2.05, 4.69) is 21.8 Å². The number of aromatic nitrogens is 1. The zero-order valence-electron chi connectivity index (χ0n) is 18.2. The average Bonchev–Trinajstić information content (AvgIpc) is 3.34. The number of anilines is 1. The van der Waals surface area contributed by atoms with Crippen molar-refractivity contribution < 1.29 is 9.90 Å². The summed E-state index contributed by atoms with van der Waals surface area (Å²) in [4.78, 5) is 18.4. The molecule has 2 heterocycles. The van der Waals surface area contributed by atoms with Gasteiger partial charge in [0.15, 0.2) is 0 Å². The van der Waals surface area contributed by atoms with E-state index >= 15 is 0 Å². The third-order valence-electron chi connectivity index (χ3n) is 5.55. The van der Waals surface area contributed by atoms with Crippen LogP contribution < -0.4 is 4.72 Å². The predicted molar refractivity (Wildman–Crippen MR) is 135 cm³/mol. The average molecular weight is 467 g/mol. The van der Waals surface area contributed by atoms with Crippen molar-refractivity contribution in [3.8, 4) is 5.75 Å². The quantitative estimate of drug-likeness (QED) is 0.346. The maximum atomic E-state index is 13.3. The van der Waals surface area contributed by atoms with Gasteiger partial charge >= 0.3 is 0 Å². The topological polar surface area (TPSA) is 77.8 Å². The molecule has 0 bridgehead atoms. The zero-order chi connectivity index (χ0) is 23.3. The van der Waals surface area contributed by atoms with Gasteiger partial charge in [-0.3, -0.25) is 9.78 Å². The number of amides is 1. The van der Waals surface area contributed by atoms with Crippen molar-refractivity contribution in [2.75, 3.05) is 4.72 Å². The summed E-state index contributed by atoms with van der Waals surface area (Å²) in [5.41, 5.74) is 4.09. The molecule has 4 aromatic rings. The molecule has 0 aliphatic carbocycles. The van der Waals surface area contributed by atoms with Gasteiger partial charge in [-0.05, 0) is 71.6 Å². The number of hydrogen-bond acceptors (Lipinski definition) is 6. The Bertz CT molecular complexity index is 1310. The molecule has 3 aromatic carbocycles. The highest BCUT2D eigenvalue weighted by molar-refractivity contribution is 8.00. The van der Waals surface area contributed by atoms with E-state index in [0.29, 0.717) is 12.0 Å². The molecule has 1 aliphatic rings. The Hall–Kier alpha value is -4.10. The van der Waals surface area contributed by atoms with Crippen molar-refractivity contribution in [2.45, 2.75) is 17.4 Å². The summed E-state index contributed by atoms with van der Waals surface area (Å²) in [5, 5.41) is 16.2. The van der Waals surface area contributed by atoms with Crippen molar-refractivity contribution in [2.24, 2.45) is 5.10 Å². The van der Waals surface area contributed by atoms with Crippen LogP contribution in [-0.2, 0) is 0 Å². The van der Waals surface area contributed by atoms with E-state index in [-0.39, 0.29) is 17.7 Å². The maximum Gasteiger partial charge on any atom is 0.274 e. The number of benzene rings is 3. The minimum absolute atomic E-state index is 0.161. The summed E-state index contributed by atoms with van der Waals surface area (Å²) in [5.74, 6) is -0.0445. The third-order valence-corrected chi connectivity index (χ3v) is 6.39. The van der Waals surface area contributed by atoms with Gasteiger partial charge in [0, 0.05) is 35.0 Å². The Kier molecular flexibility index (Phi) is 6.27. The fourth-order valence-electron chi connectivity index (χ4n) is 3.83. The van der Waals surface area contributed by atoms with E-state index in [1.807, 2.05) is 48.5 Å². The second-order valence-electron chi connectivity index (χ2n) is 7.84. The lowest BCUT2D eigenvalue weighted by Crippen LogP contribution is -2.27. The zero-order valence-corrected chi connectivity index (χ0v) is 19.0. The number of nitrogens with zero attached hydrogens (tertiary/aromatic N) is 3. The second kappa shape index (κ2) is 9.80. The van der Waals surface area contributed by atoms with Crippen LogP contribution in [0.3, 0.4) is 0 Å². The maximum absolute atomic E-state index is 13.3. The lowest BCUT2D eigenvalue weighted by molar-refractivity contribution is 0.0711. The molecular weight excluding hydrogens is 444 g/mol. The molecule has 5 rings (SSSR count). The van der Waals surface area contributed by atoms with Crippen LogP contribution >= 0.6 is 11.9 Å². The van der Waals surface area contributed by atoms with Gasteiger partial charge in [-0.1, -0.05) is 42.5 Å². The Morgan fingerprint density at radius 3 is 2.44 bits per heavy atom. The van der Waals surface area contributed by atoms with Gasteiger partial charge in [-0.25, -0.2) is 5.01 Å². The van der Waals surface area contributed by atoms with Crippen LogP contribution in [0.5, 0.6) is 5.75 Å². The SMILES string of the molecule is O=C(c1ccncc1)N1N=C(c2ccc(NSc3ccccc3)cc2)CC1c1cccc(O)c1. The van der Waals surface area contributed by atoms with Gasteiger partial charge in [-0.2, -0.15) is 5.10 Å². The van der Waals surface area contributed by atoms with Gasteiger partial charge in [0.05, 0.1) is 11.8 Å². The number of phenolic OH excluding ortho intramolecular Hbond substituents is 1. The van der Waals surface area contributed by atoms with Crippen LogP contribution in [0.1, 0.15) is 33.9 Å². The Labute approximate surface area is 202 Å². The molecule has 0 spiro atoms. The number of pyridine rings is 1. The first-order chi connectivity index (χ1) is 16.7. The molecule has 0 radical (unpaired) electrons. The van der Waals surface area contributed by atoms with E-state index < -0.39 is 0 Å². The van der Waals surface area contributed by atoms with Crippen molar-refractivity contribution in [1.29, 1.82) is 0 Å². The summed E-state index contributed by atoms with van der Waals surface area (Å²) in [7, 11) is 0. The number of nitrogens with one attached hydrogen (secondary N) is 1. The molecule has 1 amide bonds. The Balaban J connectivity index is 1.39. The number of hydrazone groups is 1. The minimum Gasteiger partial charge on any atom is -0.508 e. The first-order valence-electron chi connectivity index (χ1n) is 10.9. The van der Waals surface area contributed by atoms with Crippen molar-refractivity contribution in [3.05, 3.63) is 120 Å². The summed E-state index contributed by atoms with van der Waals surface area (Å²) in [6, 6.07) is 28.2. The van der Waals surface area contributed by atoms with Crippen LogP contribution in [0.4, 0.5) is 5.69 Å². The lowest BCUT2D eigenvalue weighted by Gasteiger charge is -2.22. The van der Waals surface area contributed by atoms with Crippen molar-refractivity contribution in [3.63, 3.8) is 0 Å². The van der Waals surface area contributed by atoms with Crippen molar-refractivity contribution >= 4 is 29.3 Å². The fourth-order valence-corrected chi connectivity index (χ4v) is 4.49. The molecule has 0 saturated carbocycles. The van der Waals surface area contributed by atoms with Crippen LogP contribution in [0.25, 0.3) is 0 Å². The first-order valence-corrected chi connectivity index (χ1v) is 11.7. The molecule has 34 heavy (non-hydrogen) atoms. The van der Waals surface area contributed by atoms with Crippen LogP contribution in [0, 0.1) is 0 Å². The molecule has 1 atom stereocenters. The summed E-state index contributed by atoms with van der Waals surface area (Å²) >= 11 is 1.55. The Morgan fingerprint density at radius 2 is 1.71 bits per heavy atom. The molecule has 1 aromatic heterocycles. The van der Waals surface area contributed by atoms with Crippen LogP contribution in [0.2, 0.25) is 0 Å².